The second-order valence-corrected chi connectivity index (χ2v) is 6.84. The third kappa shape index (κ3) is 3.99. The van der Waals surface area contributed by atoms with Crippen molar-refractivity contribution < 1.29 is 14.3 Å². The van der Waals surface area contributed by atoms with E-state index in [2.05, 4.69) is 15.6 Å². The summed E-state index contributed by atoms with van der Waals surface area (Å²) in [6.45, 7) is 0.676. The predicted octanol–water partition coefficient (Wildman–Crippen LogP) is 3.73. The van der Waals surface area contributed by atoms with Gasteiger partial charge < -0.3 is 19.9 Å². The van der Waals surface area contributed by atoms with Gasteiger partial charge in [-0.15, -0.1) is 0 Å². The van der Waals surface area contributed by atoms with E-state index in [-0.39, 0.29) is 17.6 Å². The molecule has 0 saturated heterocycles. The minimum atomic E-state index is -0.320. The van der Waals surface area contributed by atoms with E-state index in [0.29, 0.717) is 29.4 Å². The molecule has 7 heteroatoms. The third-order valence-corrected chi connectivity index (χ3v) is 4.92. The summed E-state index contributed by atoms with van der Waals surface area (Å²) in [7, 11) is 1.59. The van der Waals surface area contributed by atoms with Gasteiger partial charge in [0.15, 0.2) is 11.5 Å². The molecule has 0 aliphatic carbocycles. The Kier molecular flexibility index (Phi) is 5.29. The van der Waals surface area contributed by atoms with Gasteiger partial charge in [0.1, 0.15) is 5.75 Å². The summed E-state index contributed by atoms with van der Waals surface area (Å²) in [6.07, 6.45) is 2.64. The second-order valence-electron chi connectivity index (χ2n) is 6.84. The van der Waals surface area contributed by atoms with Crippen molar-refractivity contribution in [3.63, 3.8) is 0 Å². The zero-order valence-corrected chi connectivity index (χ0v) is 16.1. The van der Waals surface area contributed by atoms with Crippen LogP contribution in [0.4, 0.5) is 11.4 Å². The summed E-state index contributed by atoms with van der Waals surface area (Å²) in [5.41, 5.74) is 2.44. The van der Waals surface area contributed by atoms with Crippen LogP contribution < -0.4 is 15.4 Å². The number of hydrogen-bond donors (Lipinski definition) is 2. The SMILES string of the molecule is COc1ccc(NC(=O)c2nc(C(=O)Nc3ccccc3)n3c2CCCC3)cc1. The molecule has 0 spiro atoms. The van der Waals surface area contributed by atoms with Gasteiger partial charge in [-0.3, -0.25) is 9.59 Å². The average molecular weight is 390 g/mol. The second kappa shape index (κ2) is 8.18. The molecule has 0 saturated carbocycles. The van der Waals surface area contributed by atoms with Crippen LogP contribution in [-0.4, -0.2) is 28.5 Å². The van der Waals surface area contributed by atoms with Gasteiger partial charge in [0.2, 0.25) is 0 Å². The first kappa shape index (κ1) is 18.7. The van der Waals surface area contributed by atoms with Crippen LogP contribution in [-0.2, 0) is 13.0 Å². The third-order valence-electron chi connectivity index (χ3n) is 4.92. The van der Waals surface area contributed by atoms with Gasteiger partial charge in [0.25, 0.3) is 11.8 Å². The largest absolute Gasteiger partial charge is 0.497 e. The normalized spacial score (nSPS) is 12.7. The Labute approximate surface area is 168 Å². The van der Waals surface area contributed by atoms with E-state index in [9.17, 15) is 9.59 Å². The zero-order chi connectivity index (χ0) is 20.2. The summed E-state index contributed by atoms with van der Waals surface area (Å²) in [5.74, 6) is 0.341. The van der Waals surface area contributed by atoms with Crippen molar-refractivity contribution in [3.8, 4) is 5.75 Å². The van der Waals surface area contributed by atoms with E-state index >= 15 is 0 Å². The topological polar surface area (TPSA) is 85.2 Å². The van der Waals surface area contributed by atoms with Crippen LogP contribution >= 0.6 is 0 Å². The number of nitrogens with one attached hydrogen (secondary N) is 2. The first-order valence-corrected chi connectivity index (χ1v) is 9.57. The zero-order valence-electron chi connectivity index (χ0n) is 16.1. The van der Waals surface area contributed by atoms with Crippen molar-refractivity contribution in [3.05, 3.63) is 71.8 Å². The molecule has 0 fully saturated rings. The number of methoxy groups -OCH3 is 1. The van der Waals surface area contributed by atoms with Gasteiger partial charge in [0.05, 0.1) is 12.8 Å². The number of anilines is 2. The monoisotopic (exact) mass is 390 g/mol. The Morgan fingerprint density at radius 3 is 2.34 bits per heavy atom. The van der Waals surface area contributed by atoms with E-state index in [1.165, 1.54) is 0 Å². The van der Waals surface area contributed by atoms with E-state index in [1.807, 2.05) is 34.9 Å². The number of ether oxygens (including phenoxy) is 1. The quantitative estimate of drug-likeness (QED) is 0.695. The molecule has 7 nitrogen and oxygen atoms in total. The summed E-state index contributed by atoms with van der Waals surface area (Å²) in [4.78, 5) is 30.1. The number of para-hydroxylation sites is 1. The molecular weight excluding hydrogens is 368 g/mol. The van der Waals surface area contributed by atoms with E-state index in [0.717, 1.165) is 25.0 Å². The molecule has 3 aromatic rings. The minimum absolute atomic E-state index is 0.267. The summed E-state index contributed by atoms with van der Waals surface area (Å²) < 4.78 is 7.00. The molecule has 2 aromatic carbocycles. The molecule has 29 heavy (non-hydrogen) atoms. The number of carbonyl (C=O) groups excluding carboxylic acids is 2. The Morgan fingerprint density at radius 2 is 1.62 bits per heavy atom. The number of aromatic nitrogens is 2. The lowest BCUT2D eigenvalue weighted by molar-refractivity contribution is 0.101. The van der Waals surface area contributed by atoms with Gasteiger partial charge in [0, 0.05) is 17.9 Å². The predicted molar refractivity (Wildman–Crippen MR) is 111 cm³/mol. The average Bonchev–Trinajstić information content (AvgIpc) is 3.15. The highest BCUT2D eigenvalue weighted by Gasteiger charge is 2.27. The van der Waals surface area contributed by atoms with Crippen molar-refractivity contribution in [1.29, 1.82) is 0 Å². The molecular formula is C22H22N4O3. The van der Waals surface area contributed by atoms with E-state index < -0.39 is 0 Å². The molecule has 148 valence electrons. The van der Waals surface area contributed by atoms with Crippen LogP contribution in [0.5, 0.6) is 5.75 Å². The lowest BCUT2D eigenvalue weighted by Crippen LogP contribution is -2.21. The Balaban J connectivity index is 1.60. The maximum absolute atomic E-state index is 12.9. The molecule has 0 atom stereocenters. The van der Waals surface area contributed by atoms with Crippen molar-refractivity contribution in [2.24, 2.45) is 0 Å². The number of hydrogen-bond acceptors (Lipinski definition) is 4. The molecule has 4 rings (SSSR count). The van der Waals surface area contributed by atoms with Crippen molar-refractivity contribution in [2.75, 3.05) is 17.7 Å². The summed E-state index contributed by atoms with van der Waals surface area (Å²) in [5, 5.41) is 5.71. The van der Waals surface area contributed by atoms with E-state index in [1.54, 1.807) is 31.4 Å². The highest BCUT2D eigenvalue weighted by molar-refractivity contribution is 6.07. The number of imidazole rings is 1. The summed E-state index contributed by atoms with van der Waals surface area (Å²) in [6, 6.07) is 16.3. The Morgan fingerprint density at radius 1 is 0.931 bits per heavy atom. The van der Waals surface area contributed by atoms with Crippen LogP contribution in [0.3, 0.4) is 0 Å². The van der Waals surface area contributed by atoms with Crippen LogP contribution in [0.1, 0.15) is 39.6 Å². The first-order chi connectivity index (χ1) is 14.2. The lowest BCUT2D eigenvalue weighted by Gasteiger charge is -2.17. The van der Waals surface area contributed by atoms with Gasteiger partial charge in [-0.25, -0.2) is 4.98 Å². The van der Waals surface area contributed by atoms with Crippen molar-refractivity contribution in [1.82, 2.24) is 9.55 Å². The molecule has 1 aliphatic heterocycles. The van der Waals surface area contributed by atoms with Gasteiger partial charge >= 0.3 is 0 Å². The molecule has 0 unspecified atom stereocenters. The number of amides is 2. The van der Waals surface area contributed by atoms with Crippen LogP contribution in [0, 0.1) is 0 Å². The fourth-order valence-electron chi connectivity index (χ4n) is 3.47. The molecule has 1 aromatic heterocycles. The van der Waals surface area contributed by atoms with Gasteiger partial charge in [-0.05, 0) is 55.7 Å². The number of nitrogens with zero attached hydrogens (tertiary/aromatic N) is 2. The van der Waals surface area contributed by atoms with Crippen molar-refractivity contribution >= 4 is 23.2 Å². The van der Waals surface area contributed by atoms with Crippen LogP contribution in [0.15, 0.2) is 54.6 Å². The van der Waals surface area contributed by atoms with Gasteiger partial charge in [-0.1, -0.05) is 18.2 Å². The fraction of sp³-hybridized carbons (Fsp3) is 0.227. The van der Waals surface area contributed by atoms with Crippen molar-refractivity contribution in [2.45, 2.75) is 25.8 Å². The number of benzene rings is 2. The molecule has 2 N–H and O–H groups in total. The minimum Gasteiger partial charge on any atom is -0.497 e. The highest BCUT2D eigenvalue weighted by atomic mass is 16.5. The standard InChI is InChI=1S/C22H22N4O3/c1-29-17-12-10-16(11-13-17)23-21(27)19-18-9-5-6-14-26(18)20(25-19)22(28)24-15-7-3-2-4-8-15/h2-4,7-8,10-13H,5-6,9,14H2,1H3,(H,23,27)(H,24,28). The summed E-state index contributed by atoms with van der Waals surface area (Å²) >= 11 is 0. The van der Waals surface area contributed by atoms with E-state index in [4.69, 9.17) is 4.74 Å². The molecule has 0 radical (unpaired) electrons. The Hall–Kier alpha value is -3.61. The lowest BCUT2D eigenvalue weighted by atomic mass is 10.1. The molecule has 0 bridgehead atoms. The molecule has 2 amide bonds. The fourth-order valence-corrected chi connectivity index (χ4v) is 3.47. The maximum Gasteiger partial charge on any atom is 0.291 e. The van der Waals surface area contributed by atoms with Crippen LogP contribution in [0.2, 0.25) is 0 Å². The highest BCUT2D eigenvalue weighted by Crippen LogP contribution is 2.23. The number of fused-ring (bicyclic) bond motifs is 1. The van der Waals surface area contributed by atoms with Crippen LogP contribution in [0.25, 0.3) is 0 Å². The smallest absolute Gasteiger partial charge is 0.291 e. The number of rotatable bonds is 5. The number of carbonyl (C=O) groups is 2. The molecule has 2 heterocycles. The van der Waals surface area contributed by atoms with Gasteiger partial charge in [-0.2, -0.15) is 0 Å². The first-order valence-electron chi connectivity index (χ1n) is 9.57. The Bertz CT molecular complexity index is 1030. The maximum atomic E-state index is 12.9. The molecule has 1 aliphatic rings.